The van der Waals surface area contributed by atoms with Crippen molar-refractivity contribution in [3.05, 3.63) is 81.9 Å². The Labute approximate surface area is 192 Å². The molecule has 0 aliphatic heterocycles. The first kappa shape index (κ1) is 25.9. The maximum absolute atomic E-state index is 13.7. The molecular weight excluding hydrogens is 487 g/mol. The minimum atomic E-state index is -5.06. The Bertz CT molecular complexity index is 1280. The monoisotopic (exact) mass is 503 g/mol. The van der Waals surface area contributed by atoms with Gasteiger partial charge in [0.05, 0.1) is 23.0 Å². The maximum Gasteiger partial charge on any atom is 0.416 e. The summed E-state index contributed by atoms with van der Waals surface area (Å²) >= 11 is 0. The summed E-state index contributed by atoms with van der Waals surface area (Å²) in [5.41, 5.74) is -3.55. The van der Waals surface area contributed by atoms with Crippen molar-refractivity contribution in [3.63, 3.8) is 0 Å². The summed E-state index contributed by atoms with van der Waals surface area (Å²) in [6.45, 7) is 0.781. The number of nitrogens with zero attached hydrogens (tertiary/aromatic N) is 2. The number of aromatic nitrogens is 2. The van der Waals surface area contributed by atoms with Crippen molar-refractivity contribution in [2.24, 2.45) is 0 Å². The number of halogens is 7. The van der Waals surface area contributed by atoms with E-state index in [1.54, 1.807) is 0 Å². The summed E-state index contributed by atoms with van der Waals surface area (Å²) in [7, 11) is 0. The molecule has 0 unspecified atom stereocenters. The molecule has 0 fully saturated rings. The minimum Gasteiger partial charge on any atom is -0.391 e. The molecule has 2 N–H and O–H groups in total. The molecule has 0 aliphatic rings. The molecule has 3 aromatic rings. The average molecular weight is 503 g/mol. The van der Waals surface area contributed by atoms with Crippen LogP contribution in [0.15, 0.2) is 59.4 Å². The Morgan fingerprint density at radius 1 is 1.03 bits per heavy atom. The van der Waals surface area contributed by atoms with Gasteiger partial charge in [0.2, 0.25) is 0 Å². The summed E-state index contributed by atoms with van der Waals surface area (Å²) in [5.74, 6) is -2.33. The number of nitrogens with one attached hydrogen (secondary N) is 1. The molecule has 13 heteroatoms. The Kier molecular flexibility index (Phi) is 7.01. The first-order valence-corrected chi connectivity index (χ1v) is 9.82. The standard InChI is InChI=1S/C22H16F7N3O3/c1-11(33)18(22(27,28)29)30-19(34)16-10-17(12-5-7-13(8-6-12)21(24,25)26)31-32(20(16)35)15-4-2-3-14(23)9-15/h2-11,18,33H,1H3,(H,30,34)/t11-,18+/m0/s1. The molecule has 0 saturated heterocycles. The highest BCUT2D eigenvalue weighted by molar-refractivity contribution is 5.95. The highest BCUT2D eigenvalue weighted by Gasteiger charge is 2.44. The van der Waals surface area contributed by atoms with Crippen LogP contribution in [-0.2, 0) is 6.18 Å². The lowest BCUT2D eigenvalue weighted by atomic mass is 10.1. The molecule has 2 aromatic carbocycles. The third-order valence-corrected chi connectivity index (χ3v) is 4.84. The van der Waals surface area contributed by atoms with Gasteiger partial charge in [0.1, 0.15) is 11.4 Å². The molecule has 0 radical (unpaired) electrons. The fourth-order valence-corrected chi connectivity index (χ4v) is 3.11. The molecule has 0 aliphatic carbocycles. The van der Waals surface area contributed by atoms with Crippen LogP contribution in [0.5, 0.6) is 0 Å². The van der Waals surface area contributed by atoms with Crippen LogP contribution in [0.1, 0.15) is 22.8 Å². The van der Waals surface area contributed by atoms with E-state index in [4.69, 9.17) is 0 Å². The van der Waals surface area contributed by atoms with Crippen LogP contribution in [0.4, 0.5) is 30.7 Å². The van der Waals surface area contributed by atoms with Crippen LogP contribution in [0.2, 0.25) is 0 Å². The first-order chi connectivity index (χ1) is 16.2. The molecule has 2 atom stereocenters. The number of amides is 1. The fraction of sp³-hybridized carbons (Fsp3) is 0.227. The number of carbonyl (C=O) groups is 1. The third kappa shape index (κ3) is 5.85. The van der Waals surface area contributed by atoms with E-state index in [9.17, 15) is 45.4 Å². The van der Waals surface area contributed by atoms with Crippen LogP contribution in [0, 0.1) is 5.82 Å². The zero-order chi connectivity index (χ0) is 26.1. The number of hydrogen-bond acceptors (Lipinski definition) is 4. The lowest BCUT2D eigenvalue weighted by molar-refractivity contribution is -0.172. The number of rotatable bonds is 5. The summed E-state index contributed by atoms with van der Waals surface area (Å²) < 4.78 is 92.6. The highest BCUT2D eigenvalue weighted by atomic mass is 19.4. The van der Waals surface area contributed by atoms with Gasteiger partial charge in [-0.15, -0.1) is 0 Å². The van der Waals surface area contributed by atoms with Gasteiger partial charge in [0.25, 0.3) is 11.5 Å². The zero-order valence-electron chi connectivity index (χ0n) is 17.7. The second kappa shape index (κ2) is 9.49. The van der Waals surface area contributed by atoms with Gasteiger partial charge >= 0.3 is 12.4 Å². The van der Waals surface area contributed by atoms with Gasteiger partial charge in [-0.2, -0.15) is 36.1 Å². The second-order valence-electron chi connectivity index (χ2n) is 7.45. The van der Waals surface area contributed by atoms with E-state index in [2.05, 4.69) is 5.10 Å². The molecule has 0 saturated carbocycles. The van der Waals surface area contributed by atoms with E-state index >= 15 is 0 Å². The largest absolute Gasteiger partial charge is 0.416 e. The van der Waals surface area contributed by atoms with Crippen molar-refractivity contribution in [2.75, 3.05) is 0 Å². The van der Waals surface area contributed by atoms with Gasteiger partial charge in [-0.25, -0.2) is 4.39 Å². The van der Waals surface area contributed by atoms with Gasteiger partial charge < -0.3 is 10.4 Å². The highest BCUT2D eigenvalue weighted by Crippen LogP contribution is 2.31. The molecule has 186 valence electrons. The third-order valence-electron chi connectivity index (χ3n) is 4.84. The molecule has 0 bridgehead atoms. The summed E-state index contributed by atoms with van der Waals surface area (Å²) in [4.78, 5) is 25.6. The number of carbonyl (C=O) groups excluding carboxylic acids is 1. The first-order valence-electron chi connectivity index (χ1n) is 9.82. The Morgan fingerprint density at radius 2 is 1.66 bits per heavy atom. The van der Waals surface area contributed by atoms with E-state index in [1.165, 1.54) is 17.4 Å². The summed E-state index contributed by atoms with van der Waals surface area (Å²) in [5, 5.41) is 14.9. The van der Waals surface area contributed by atoms with Gasteiger partial charge in [-0.05, 0) is 43.3 Å². The van der Waals surface area contributed by atoms with Gasteiger partial charge in [0, 0.05) is 5.56 Å². The molecule has 1 heterocycles. The molecule has 35 heavy (non-hydrogen) atoms. The lowest BCUT2D eigenvalue weighted by Crippen LogP contribution is -2.52. The lowest BCUT2D eigenvalue weighted by Gasteiger charge is -2.24. The maximum atomic E-state index is 13.7. The van der Waals surface area contributed by atoms with Crippen molar-refractivity contribution < 1.29 is 40.6 Å². The van der Waals surface area contributed by atoms with Crippen molar-refractivity contribution in [3.8, 4) is 16.9 Å². The van der Waals surface area contributed by atoms with E-state index in [0.29, 0.717) is 16.8 Å². The molecular formula is C22H16F7N3O3. The van der Waals surface area contributed by atoms with Crippen molar-refractivity contribution in [2.45, 2.75) is 31.4 Å². The number of aliphatic hydroxyl groups is 1. The van der Waals surface area contributed by atoms with E-state index < -0.39 is 52.9 Å². The molecule has 3 rings (SSSR count). The van der Waals surface area contributed by atoms with Crippen LogP contribution in [-0.4, -0.2) is 39.1 Å². The topological polar surface area (TPSA) is 84.2 Å². The second-order valence-corrected chi connectivity index (χ2v) is 7.45. The van der Waals surface area contributed by atoms with Crippen molar-refractivity contribution in [1.29, 1.82) is 0 Å². The van der Waals surface area contributed by atoms with Gasteiger partial charge in [-0.1, -0.05) is 18.2 Å². The van der Waals surface area contributed by atoms with Crippen LogP contribution >= 0.6 is 0 Å². The fourth-order valence-electron chi connectivity index (χ4n) is 3.11. The number of aliphatic hydroxyl groups excluding tert-OH is 1. The van der Waals surface area contributed by atoms with Crippen LogP contribution in [0.25, 0.3) is 16.9 Å². The van der Waals surface area contributed by atoms with Gasteiger partial charge in [-0.3, -0.25) is 9.59 Å². The van der Waals surface area contributed by atoms with E-state index in [0.717, 1.165) is 37.3 Å². The van der Waals surface area contributed by atoms with Crippen molar-refractivity contribution in [1.82, 2.24) is 15.1 Å². The Balaban J connectivity index is 2.17. The Hall–Kier alpha value is -3.74. The zero-order valence-corrected chi connectivity index (χ0v) is 17.7. The van der Waals surface area contributed by atoms with E-state index in [1.807, 2.05) is 0 Å². The molecule has 1 amide bonds. The average Bonchev–Trinajstić information content (AvgIpc) is 2.76. The summed E-state index contributed by atoms with van der Waals surface area (Å²) in [6, 6.07) is 5.80. The van der Waals surface area contributed by atoms with Gasteiger partial charge in [0.15, 0.2) is 6.04 Å². The number of benzene rings is 2. The Morgan fingerprint density at radius 3 is 2.17 bits per heavy atom. The predicted molar refractivity (Wildman–Crippen MR) is 109 cm³/mol. The number of alkyl halides is 6. The van der Waals surface area contributed by atoms with E-state index in [-0.39, 0.29) is 16.9 Å². The molecule has 0 spiro atoms. The predicted octanol–water partition coefficient (Wildman–Crippen LogP) is 4.10. The number of hydrogen-bond donors (Lipinski definition) is 2. The molecule has 1 aromatic heterocycles. The quantitative estimate of drug-likeness (QED) is 0.514. The van der Waals surface area contributed by atoms with Crippen molar-refractivity contribution >= 4 is 5.91 Å². The summed E-state index contributed by atoms with van der Waals surface area (Å²) in [6.07, 6.45) is -11.8. The smallest absolute Gasteiger partial charge is 0.391 e. The minimum absolute atomic E-state index is 0.0138. The molecule has 6 nitrogen and oxygen atoms in total. The normalized spacial score (nSPS) is 13.9. The van der Waals surface area contributed by atoms with Crippen LogP contribution < -0.4 is 10.9 Å². The van der Waals surface area contributed by atoms with Crippen LogP contribution in [0.3, 0.4) is 0 Å². The SMILES string of the molecule is C[C@H](O)[C@@H](NC(=O)c1cc(-c2ccc(C(F)(F)F)cc2)nn(-c2cccc(F)c2)c1=O)C(F)(F)F.